The maximum Gasteiger partial charge on any atom is 0.326 e. The molecule has 3 unspecified atom stereocenters. The SMILES string of the molecule is CC(C)C(NC(=O)CN)C(=O)NC(Cc1c[nH]c2ccccc12)C(=O)NC(Cc1cnc[nH]1)C(=O)O. The first-order valence-corrected chi connectivity index (χ1v) is 11.5. The predicted molar refractivity (Wildman–Crippen MR) is 132 cm³/mol. The molecular weight excluding hydrogens is 466 g/mol. The monoisotopic (exact) mass is 497 g/mol. The van der Waals surface area contributed by atoms with Gasteiger partial charge in [-0.3, -0.25) is 14.4 Å². The van der Waals surface area contributed by atoms with Crippen molar-refractivity contribution in [1.29, 1.82) is 0 Å². The minimum atomic E-state index is -1.25. The molecule has 2 heterocycles. The zero-order chi connectivity index (χ0) is 26.2. The van der Waals surface area contributed by atoms with Gasteiger partial charge in [0.2, 0.25) is 17.7 Å². The summed E-state index contributed by atoms with van der Waals surface area (Å²) in [6.45, 7) is 3.21. The number of nitrogens with two attached hydrogens (primary N) is 1. The zero-order valence-corrected chi connectivity index (χ0v) is 20.1. The lowest BCUT2D eigenvalue weighted by atomic mass is 10.00. The van der Waals surface area contributed by atoms with Crippen molar-refractivity contribution in [3.05, 3.63) is 54.2 Å². The van der Waals surface area contributed by atoms with Crippen molar-refractivity contribution in [2.24, 2.45) is 11.7 Å². The van der Waals surface area contributed by atoms with Crippen molar-refractivity contribution < 1.29 is 24.3 Å². The first-order chi connectivity index (χ1) is 17.2. The number of fused-ring (bicyclic) bond motifs is 1. The van der Waals surface area contributed by atoms with Gasteiger partial charge in [-0.25, -0.2) is 9.78 Å². The van der Waals surface area contributed by atoms with Crippen LogP contribution in [0.25, 0.3) is 10.9 Å². The number of hydrogen-bond donors (Lipinski definition) is 7. The van der Waals surface area contributed by atoms with Crippen LogP contribution in [-0.2, 0) is 32.0 Å². The summed E-state index contributed by atoms with van der Waals surface area (Å²) < 4.78 is 0. The van der Waals surface area contributed by atoms with E-state index >= 15 is 0 Å². The number of carboxylic acids is 1. The van der Waals surface area contributed by atoms with Crippen molar-refractivity contribution in [2.45, 2.75) is 44.8 Å². The smallest absolute Gasteiger partial charge is 0.326 e. The van der Waals surface area contributed by atoms with Gasteiger partial charge in [-0.05, 0) is 17.5 Å². The van der Waals surface area contributed by atoms with Crippen molar-refractivity contribution in [3.63, 3.8) is 0 Å². The summed E-state index contributed by atoms with van der Waals surface area (Å²) in [4.78, 5) is 60.0. The number of aliphatic carboxylic acids is 1. The molecule has 8 N–H and O–H groups in total. The largest absolute Gasteiger partial charge is 0.480 e. The fourth-order valence-electron chi connectivity index (χ4n) is 3.85. The Bertz CT molecular complexity index is 1200. The van der Waals surface area contributed by atoms with Crippen molar-refractivity contribution in [1.82, 2.24) is 30.9 Å². The average molecular weight is 498 g/mol. The number of hydrogen-bond acceptors (Lipinski definition) is 6. The van der Waals surface area contributed by atoms with Gasteiger partial charge in [-0.15, -0.1) is 0 Å². The van der Waals surface area contributed by atoms with Gasteiger partial charge in [0.15, 0.2) is 0 Å². The van der Waals surface area contributed by atoms with Crippen LogP contribution < -0.4 is 21.7 Å². The van der Waals surface area contributed by atoms with Crippen molar-refractivity contribution in [3.8, 4) is 0 Å². The van der Waals surface area contributed by atoms with Gasteiger partial charge in [0.05, 0.1) is 12.9 Å². The molecule has 3 amide bonds. The molecule has 0 aliphatic carbocycles. The van der Waals surface area contributed by atoms with Crippen LogP contribution in [0.1, 0.15) is 25.1 Å². The topological polar surface area (TPSA) is 195 Å². The molecule has 0 bridgehead atoms. The number of carbonyl (C=O) groups is 4. The van der Waals surface area contributed by atoms with E-state index in [0.717, 1.165) is 16.5 Å². The summed E-state index contributed by atoms with van der Waals surface area (Å²) >= 11 is 0. The number of rotatable bonds is 12. The van der Waals surface area contributed by atoms with Gasteiger partial charge in [-0.2, -0.15) is 0 Å². The molecule has 0 aliphatic heterocycles. The predicted octanol–water partition coefficient (Wildman–Crippen LogP) is -0.170. The Morgan fingerprint density at radius 2 is 1.72 bits per heavy atom. The molecule has 1 aromatic carbocycles. The first kappa shape index (κ1) is 26.4. The lowest BCUT2D eigenvalue weighted by molar-refractivity contribution is -0.142. The highest BCUT2D eigenvalue weighted by Crippen LogP contribution is 2.19. The summed E-state index contributed by atoms with van der Waals surface area (Å²) in [5.74, 6) is -3.28. The summed E-state index contributed by atoms with van der Waals surface area (Å²) in [6.07, 6.45) is 4.70. The molecule has 0 spiro atoms. The highest BCUT2D eigenvalue weighted by atomic mass is 16.4. The van der Waals surface area contributed by atoms with Crippen molar-refractivity contribution in [2.75, 3.05) is 6.54 Å². The number of benzene rings is 1. The molecule has 0 radical (unpaired) electrons. The number of H-pyrrole nitrogens is 2. The zero-order valence-electron chi connectivity index (χ0n) is 20.1. The van der Waals surface area contributed by atoms with Crippen LogP contribution in [-0.4, -0.2) is 68.4 Å². The van der Waals surface area contributed by atoms with E-state index in [1.165, 1.54) is 12.5 Å². The minimum Gasteiger partial charge on any atom is -0.480 e. The normalized spacial score (nSPS) is 13.7. The third-order valence-electron chi connectivity index (χ3n) is 5.78. The highest BCUT2D eigenvalue weighted by molar-refractivity contribution is 5.94. The third kappa shape index (κ3) is 6.69. The number of aromatic amines is 2. The van der Waals surface area contributed by atoms with E-state index in [-0.39, 0.29) is 25.3 Å². The molecule has 0 aliphatic rings. The lowest BCUT2D eigenvalue weighted by Crippen LogP contribution is -2.58. The van der Waals surface area contributed by atoms with Crippen molar-refractivity contribution >= 4 is 34.6 Å². The van der Waals surface area contributed by atoms with E-state index in [1.54, 1.807) is 20.0 Å². The van der Waals surface area contributed by atoms with Gasteiger partial charge in [0.1, 0.15) is 18.1 Å². The number of para-hydroxylation sites is 1. The second-order valence-corrected chi connectivity index (χ2v) is 8.80. The second-order valence-electron chi connectivity index (χ2n) is 8.80. The number of amides is 3. The highest BCUT2D eigenvalue weighted by Gasteiger charge is 2.31. The fraction of sp³-hybridized carbons (Fsp3) is 0.375. The molecule has 0 saturated heterocycles. The number of carboxylic acid groups (broad SMARTS) is 1. The van der Waals surface area contributed by atoms with Crippen LogP contribution in [0.5, 0.6) is 0 Å². The molecule has 2 aromatic heterocycles. The van der Waals surface area contributed by atoms with Crippen LogP contribution >= 0.6 is 0 Å². The number of imidazole rings is 1. The van der Waals surface area contributed by atoms with E-state index in [1.807, 2.05) is 24.3 Å². The lowest BCUT2D eigenvalue weighted by Gasteiger charge is -2.26. The molecule has 12 heteroatoms. The van der Waals surface area contributed by atoms with Gasteiger partial charge >= 0.3 is 5.97 Å². The molecule has 3 rings (SSSR count). The number of nitrogens with one attached hydrogen (secondary N) is 5. The molecule has 12 nitrogen and oxygen atoms in total. The van der Waals surface area contributed by atoms with Gasteiger partial charge in [0.25, 0.3) is 0 Å². The van der Waals surface area contributed by atoms with Gasteiger partial charge in [-0.1, -0.05) is 32.0 Å². The van der Waals surface area contributed by atoms with Crippen LogP contribution in [0.4, 0.5) is 0 Å². The molecule has 36 heavy (non-hydrogen) atoms. The average Bonchev–Trinajstić information content (AvgIpc) is 3.51. The maximum atomic E-state index is 13.3. The number of aromatic nitrogens is 3. The molecule has 3 atom stereocenters. The number of nitrogens with zero attached hydrogens (tertiary/aromatic N) is 1. The van der Waals surface area contributed by atoms with E-state index < -0.39 is 41.8 Å². The standard InChI is InChI=1S/C24H31N7O5/c1-13(2)21(31-20(32)9-25)23(34)29-18(7-14-10-27-17-6-4-3-5-16(14)17)22(33)30-19(24(35)36)8-15-11-26-12-28-15/h3-6,10-13,18-19,21,27H,7-9,25H2,1-2H3,(H,26,28)(H,29,34)(H,30,33)(H,31,32)(H,35,36). The second kappa shape index (κ2) is 12.0. The van der Waals surface area contributed by atoms with E-state index in [4.69, 9.17) is 5.73 Å². The Labute approximate surface area is 207 Å². The molecule has 0 fully saturated rings. The molecule has 0 saturated carbocycles. The summed E-state index contributed by atoms with van der Waals surface area (Å²) in [5, 5.41) is 18.3. The Hall–Kier alpha value is -4.19. The Kier molecular flexibility index (Phi) is 8.79. The third-order valence-corrected chi connectivity index (χ3v) is 5.78. The summed E-state index contributed by atoms with van der Waals surface area (Å²) in [5.41, 5.74) is 7.53. The van der Waals surface area contributed by atoms with E-state index in [2.05, 4.69) is 30.9 Å². The summed E-state index contributed by atoms with van der Waals surface area (Å²) in [6, 6.07) is 4.20. The number of carbonyl (C=O) groups excluding carboxylic acids is 3. The maximum absolute atomic E-state index is 13.3. The molecule has 3 aromatic rings. The van der Waals surface area contributed by atoms with E-state index in [9.17, 15) is 24.3 Å². The first-order valence-electron chi connectivity index (χ1n) is 11.5. The Balaban J connectivity index is 1.85. The molecule has 192 valence electrons. The summed E-state index contributed by atoms with van der Waals surface area (Å²) in [7, 11) is 0. The van der Waals surface area contributed by atoms with Gasteiger partial charge < -0.3 is 36.8 Å². The minimum absolute atomic E-state index is 0.0179. The Morgan fingerprint density at radius 3 is 2.36 bits per heavy atom. The van der Waals surface area contributed by atoms with Gasteiger partial charge in [0, 0.05) is 41.8 Å². The quantitative estimate of drug-likeness (QED) is 0.180. The molecular formula is C24H31N7O5. The van der Waals surface area contributed by atoms with Crippen LogP contribution in [0.3, 0.4) is 0 Å². The Morgan fingerprint density at radius 1 is 1.00 bits per heavy atom. The van der Waals surface area contributed by atoms with Crippen LogP contribution in [0.2, 0.25) is 0 Å². The van der Waals surface area contributed by atoms with Crippen LogP contribution in [0.15, 0.2) is 43.0 Å². The van der Waals surface area contributed by atoms with E-state index in [0.29, 0.717) is 5.69 Å². The fourth-order valence-corrected chi connectivity index (χ4v) is 3.85. The van der Waals surface area contributed by atoms with Crippen LogP contribution in [0, 0.1) is 5.92 Å².